The molecule has 0 aliphatic heterocycles. The lowest BCUT2D eigenvalue weighted by atomic mass is 9.88. The highest BCUT2D eigenvalue weighted by molar-refractivity contribution is 5.85. The van der Waals surface area contributed by atoms with Gasteiger partial charge in [0, 0.05) is 6.42 Å². The van der Waals surface area contributed by atoms with Crippen molar-refractivity contribution in [1.82, 2.24) is 0 Å². The summed E-state index contributed by atoms with van der Waals surface area (Å²) in [4.78, 5) is 23.3. The monoisotopic (exact) mass is 801 g/mol. The van der Waals surface area contributed by atoms with Crippen LogP contribution in [0.25, 0.3) is 23.3 Å². The number of hydrogen-bond donors (Lipinski definition) is 0. The highest BCUT2D eigenvalue weighted by Crippen LogP contribution is 2.33. The molecule has 6 nitrogen and oxygen atoms in total. The van der Waals surface area contributed by atoms with Crippen LogP contribution in [-0.2, 0) is 31.9 Å². The van der Waals surface area contributed by atoms with Gasteiger partial charge in [0.15, 0.2) is 0 Å². The molecule has 0 saturated carbocycles. The summed E-state index contributed by atoms with van der Waals surface area (Å²) in [5.41, 5.74) is 10.6. The number of esters is 2. The van der Waals surface area contributed by atoms with Crippen LogP contribution < -0.4 is 9.47 Å². The summed E-state index contributed by atoms with van der Waals surface area (Å²) >= 11 is 0. The maximum atomic E-state index is 11.6. The number of unbranched alkanes of at least 4 members (excludes halogenated alkanes) is 3. The third kappa shape index (κ3) is 15.5. The summed E-state index contributed by atoms with van der Waals surface area (Å²) < 4.78 is 22.4. The van der Waals surface area contributed by atoms with Gasteiger partial charge in [-0.25, -0.2) is 0 Å². The van der Waals surface area contributed by atoms with Crippen LogP contribution in [0.5, 0.6) is 11.5 Å². The fourth-order valence-corrected chi connectivity index (χ4v) is 6.83. The number of benzene rings is 4. The minimum absolute atomic E-state index is 0.00800. The SMILES string of the molecule is CC.CCC(C)C(=O)OCCCCCCOc1ccc2c(c1)C=C(c1ccccc1)CC2.CCC(C)C(=O)OCCCOc1ccc2c(c1)C=C(c1ccccc1)CC2. The number of ether oxygens (including phenoxy) is 4. The summed E-state index contributed by atoms with van der Waals surface area (Å²) in [6, 6.07) is 33.9. The molecule has 4 aromatic carbocycles. The second-order valence-electron chi connectivity index (χ2n) is 15.2. The molecule has 2 unspecified atom stereocenters. The van der Waals surface area contributed by atoms with Crippen molar-refractivity contribution < 1.29 is 28.5 Å². The molecule has 6 rings (SSSR count). The Kier molecular flexibility index (Phi) is 20.6. The van der Waals surface area contributed by atoms with Gasteiger partial charge in [0.05, 0.1) is 38.3 Å². The zero-order valence-corrected chi connectivity index (χ0v) is 36.6. The predicted octanol–water partition coefficient (Wildman–Crippen LogP) is 13.3. The molecular formula is C53H68O6. The second-order valence-corrected chi connectivity index (χ2v) is 15.2. The van der Waals surface area contributed by atoms with E-state index in [1.54, 1.807) is 0 Å². The predicted molar refractivity (Wildman–Crippen MR) is 244 cm³/mol. The van der Waals surface area contributed by atoms with Crippen LogP contribution in [-0.4, -0.2) is 38.4 Å². The molecule has 2 aliphatic carbocycles. The lowest BCUT2D eigenvalue weighted by Gasteiger charge is -2.18. The average molecular weight is 801 g/mol. The smallest absolute Gasteiger partial charge is 0.308 e. The van der Waals surface area contributed by atoms with Crippen LogP contribution in [0.3, 0.4) is 0 Å². The number of fused-ring (bicyclic) bond motifs is 2. The summed E-state index contributed by atoms with van der Waals surface area (Å²) in [6.07, 6.45) is 15.3. The van der Waals surface area contributed by atoms with Crippen molar-refractivity contribution in [2.75, 3.05) is 26.4 Å². The van der Waals surface area contributed by atoms with Crippen LogP contribution in [0.4, 0.5) is 0 Å². The highest BCUT2D eigenvalue weighted by atomic mass is 16.5. The van der Waals surface area contributed by atoms with E-state index < -0.39 is 0 Å². The number of allylic oxidation sites excluding steroid dienone is 2. The molecule has 2 aliphatic rings. The number of carbonyl (C=O) groups is 2. The van der Waals surface area contributed by atoms with Gasteiger partial charge in [-0.2, -0.15) is 0 Å². The van der Waals surface area contributed by atoms with Crippen LogP contribution in [0.2, 0.25) is 0 Å². The molecule has 2 atom stereocenters. The maximum Gasteiger partial charge on any atom is 0.308 e. The molecule has 0 fully saturated rings. The molecule has 6 heteroatoms. The summed E-state index contributed by atoms with van der Waals surface area (Å²) in [7, 11) is 0. The van der Waals surface area contributed by atoms with Crippen LogP contribution in [0.15, 0.2) is 97.1 Å². The van der Waals surface area contributed by atoms with E-state index in [1.165, 1.54) is 44.5 Å². The molecule has 0 radical (unpaired) electrons. The van der Waals surface area contributed by atoms with E-state index in [-0.39, 0.29) is 23.8 Å². The van der Waals surface area contributed by atoms with Crippen LogP contribution in [0, 0.1) is 11.8 Å². The number of aryl methyl sites for hydroxylation is 2. The summed E-state index contributed by atoms with van der Waals surface area (Å²) in [5, 5.41) is 0. The number of rotatable bonds is 19. The van der Waals surface area contributed by atoms with E-state index in [0.29, 0.717) is 26.2 Å². The molecule has 0 heterocycles. The molecular weight excluding hydrogens is 733 g/mol. The minimum Gasteiger partial charge on any atom is -0.494 e. The Labute approximate surface area is 355 Å². The molecule has 0 aromatic heterocycles. The van der Waals surface area contributed by atoms with Crippen molar-refractivity contribution in [1.29, 1.82) is 0 Å². The first-order valence-corrected chi connectivity index (χ1v) is 22.2. The van der Waals surface area contributed by atoms with E-state index in [4.69, 9.17) is 18.9 Å². The summed E-state index contributed by atoms with van der Waals surface area (Å²) in [6.45, 7) is 14.0. The zero-order chi connectivity index (χ0) is 42.2. The van der Waals surface area contributed by atoms with Crippen LogP contribution in [0.1, 0.15) is 133 Å². The third-order valence-corrected chi connectivity index (χ3v) is 10.9. The first-order chi connectivity index (χ1) is 28.8. The molecule has 316 valence electrons. The lowest BCUT2D eigenvalue weighted by molar-refractivity contribution is -0.149. The Morgan fingerprint density at radius 2 is 0.915 bits per heavy atom. The van der Waals surface area contributed by atoms with E-state index >= 15 is 0 Å². The first kappa shape index (κ1) is 46.6. The van der Waals surface area contributed by atoms with E-state index in [0.717, 1.165) is 82.3 Å². The minimum atomic E-state index is -0.121. The van der Waals surface area contributed by atoms with Crippen molar-refractivity contribution in [2.45, 2.75) is 112 Å². The third-order valence-electron chi connectivity index (χ3n) is 10.9. The molecule has 0 amide bonds. The van der Waals surface area contributed by atoms with Crippen molar-refractivity contribution in [3.8, 4) is 11.5 Å². The van der Waals surface area contributed by atoms with Crippen molar-refractivity contribution in [3.05, 3.63) is 130 Å². The van der Waals surface area contributed by atoms with Crippen molar-refractivity contribution in [2.24, 2.45) is 11.8 Å². The fourth-order valence-electron chi connectivity index (χ4n) is 6.83. The lowest BCUT2D eigenvalue weighted by Crippen LogP contribution is -2.15. The maximum absolute atomic E-state index is 11.6. The topological polar surface area (TPSA) is 71.1 Å². The number of hydrogen-bond acceptors (Lipinski definition) is 6. The van der Waals surface area contributed by atoms with Gasteiger partial charge in [0.25, 0.3) is 0 Å². The first-order valence-electron chi connectivity index (χ1n) is 22.2. The summed E-state index contributed by atoms with van der Waals surface area (Å²) in [5.74, 6) is 1.60. The van der Waals surface area contributed by atoms with Gasteiger partial charge in [-0.3, -0.25) is 9.59 Å². The van der Waals surface area contributed by atoms with E-state index in [9.17, 15) is 9.59 Å². The van der Waals surface area contributed by atoms with Gasteiger partial charge in [0.2, 0.25) is 0 Å². The normalized spacial score (nSPS) is 13.6. The second kappa shape index (κ2) is 26.1. The van der Waals surface area contributed by atoms with E-state index in [1.807, 2.05) is 53.7 Å². The van der Waals surface area contributed by atoms with Crippen molar-refractivity contribution in [3.63, 3.8) is 0 Å². The zero-order valence-electron chi connectivity index (χ0n) is 36.6. The van der Waals surface area contributed by atoms with Gasteiger partial charge in [-0.15, -0.1) is 0 Å². The van der Waals surface area contributed by atoms with Crippen molar-refractivity contribution >= 4 is 35.2 Å². The molecule has 4 aromatic rings. The Morgan fingerprint density at radius 1 is 0.508 bits per heavy atom. The Morgan fingerprint density at radius 3 is 1.36 bits per heavy atom. The average Bonchev–Trinajstić information content (AvgIpc) is 3.29. The van der Waals surface area contributed by atoms with E-state index in [2.05, 4.69) is 97.1 Å². The standard InChI is InChI=1S/C27H34O3.C24H28O3.C2H6/c1-3-21(2)27(28)30-18-10-5-4-9-17-29-26-16-15-23-13-14-24(19-25(23)20-26)22-11-7-6-8-12-22;1-3-18(2)24(25)27-15-7-14-26-23-13-12-20-10-11-21(16-22(20)17-23)19-8-5-4-6-9-19;1-2/h6-8,11-12,15-16,19-21H,3-5,9-10,13-14,17-18H2,1-2H3;4-6,8-9,12-13,16-18H,3,7,10-11,14-15H2,1-2H3;1-2H3. The molecule has 0 N–H and O–H groups in total. The Hall–Kier alpha value is -5.10. The molecule has 59 heavy (non-hydrogen) atoms. The molecule has 0 spiro atoms. The van der Waals surface area contributed by atoms with Gasteiger partial charge >= 0.3 is 11.9 Å². The van der Waals surface area contributed by atoms with Gasteiger partial charge in [-0.05, 0) is 133 Å². The van der Waals surface area contributed by atoms with Crippen LogP contribution >= 0.6 is 0 Å². The van der Waals surface area contributed by atoms with Gasteiger partial charge in [-0.1, -0.05) is 126 Å². The number of carbonyl (C=O) groups excluding carboxylic acids is 2. The van der Waals surface area contributed by atoms with Gasteiger partial charge in [0.1, 0.15) is 11.5 Å². The molecule has 0 bridgehead atoms. The molecule has 0 saturated heterocycles. The Bertz CT molecular complexity index is 1910. The largest absolute Gasteiger partial charge is 0.494 e. The van der Waals surface area contributed by atoms with Gasteiger partial charge < -0.3 is 18.9 Å². The highest BCUT2D eigenvalue weighted by Gasteiger charge is 2.15. The fraction of sp³-hybridized carbons (Fsp3) is 0.434. The quantitative estimate of drug-likeness (QED) is 0.0695. The Balaban J connectivity index is 0.000000251.